The van der Waals surface area contributed by atoms with Crippen LogP contribution in [-0.4, -0.2) is 34.5 Å². The summed E-state index contributed by atoms with van der Waals surface area (Å²) in [7, 11) is 1.24. The Morgan fingerprint density at radius 2 is 2.03 bits per heavy atom. The summed E-state index contributed by atoms with van der Waals surface area (Å²) in [6.07, 6.45) is -2.31. The minimum Gasteiger partial charge on any atom is -0.355 e. The van der Waals surface area contributed by atoms with Crippen molar-refractivity contribution >= 4 is 40.5 Å². The zero-order valence-corrected chi connectivity index (χ0v) is 18.5. The molecule has 1 saturated carbocycles. The predicted octanol–water partition coefficient (Wildman–Crippen LogP) is 3.70. The SMILES string of the molecule is CNC(=O)c1cccc(N2C(=S)N(c3cnc(C#N)c(C)c3)C(=O)C23CCC3)c1C(F)(F)F. The molecule has 1 saturated heterocycles. The van der Waals surface area contributed by atoms with Crippen LogP contribution in [-0.2, 0) is 11.0 Å². The maximum Gasteiger partial charge on any atom is 0.419 e. The van der Waals surface area contributed by atoms with Crippen LogP contribution in [0.4, 0.5) is 24.5 Å². The van der Waals surface area contributed by atoms with Gasteiger partial charge in [0.15, 0.2) is 5.11 Å². The Balaban J connectivity index is 1.91. The zero-order valence-electron chi connectivity index (χ0n) is 17.7. The maximum atomic E-state index is 14.2. The molecule has 2 fully saturated rings. The number of halogens is 3. The summed E-state index contributed by atoms with van der Waals surface area (Å²) in [6.45, 7) is 1.64. The molecule has 170 valence electrons. The van der Waals surface area contributed by atoms with Crippen LogP contribution in [0.25, 0.3) is 0 Å². The standard InChI is InChI=1S/C22H18F3N5O2S/c1-12-9-13(11-28-15(12)10-26)29-19(32)21(7-4-8-21)30(20(29)33)16-6-3-5-14(18(31)27-2)17(16)22(23,24)25/h3,5-6,9,11H,4,7-8H2,1-2H3,(H,27,31). The van der Waals surface area contributed by atoms with E-state index in [1.165, 1.54) is 35.2 Å². The molecule has 0 bridgehead atoms. The quantitative estimate of drug-likeness (QED) is 0.684. The van der Waals surface area contributed by atoms with E-state index in [4.69, 9.17) is 17.5 Å². The van der Waals surface area contributed by atoms with Gasteiger partial charge in [-0.05, 0) is 62.2 Å². The van der Waals surface area contributed by atoms with Crippen molar-refractivity contribution in [1.82, 2.24) is 10.3 Å². The number of hydrogen-bond acceptors (Lipinski definition) is 5. The molecule has 4 rings (SSSR count). The lowest BCUT2D eigenvalue weighted by Gasteiger charge is -2.43. The monoisotopic (exact) mass is 473 g/mol. The average Bonchev–Trinajstić information content (AvgIpc) is 2.98. The Labute approximate surface area is 192 Å². The lowest BCUT2D eigenvalue weighted by molar-refractivity contribution is -0.137. The fourth-order valence-corrected chi connectivity index (χ4v) is 4.79. The van der Waals surface area contributed by atoms with Gasteiger partial charge in [0.2, 0.25) is 0 Å². The summed E-state index contributed by atoms with van der Waals surface area (Å²) in [5.41, 5.74) is -2.38. The summed E-state index contributed by atoms with van der Waals surface area (Å²) >= 11 is 5.55. The first-order chi connectivity index (χ1) is 15.6. The van der Waals surface area contributed by atoms with Gasteiger partial charge in [-0.15, -0.1) is 0 Å². The van der Waals surface area contributed by atoms with Crippen molar-refractivity contribution in [3.05, 3.63) is 52.8 Å². The largest absolute Gasteiger partial charge is 0.419 e. The molecule has 1 spiro atoms. The third-order valence-corrected chi connectivity index (χ3v) is 6.42. The fourth-order valence-electron chi connectivity index (χ4n) is 4.33. The molecule has 2 aromatic rings. The lowest BCUT2D eigenvalue weighted by atomic mass is 9.75. The number of anilines is 2. The van der Waals surface area contributed by atoms with E-state index < -0.39 is 34.7 Å². The van der Waals surface area contributed by atoms with E-state index >= 15 is 0 Å². The van der Waals surface area contributed by atoms with Crippen LogP contribution in [0.5, 0.6) is 0 Å². The van der Waals surface area contributed by atoms with Gasteiger partial charge in [0.05, 0.1) is 28.7 Å². The molecule has 11 heteroatoms. The Bertz CT molecular complexity index is 1230. The number of nitrogens with one attached hydrogen (secondary N) is 1. The van der Waals surface area contributed by atoms with Crippen molar-refractivity contribution in [3.63, 3.8) is 0 Å². The molecule has 1 aromatic heterocycles. The highest BCUT2D eigenvalue weighted by atomic mass is 32.1. The third-order valence-electron chi connectivity index (χ3n) is 6.06. The molecule has 2 heterocycles. The Morgan fingerprint density at radius 3 is 2.55 bits per heavy atom. The Kier molecular flexibility index (Phi) is 5.36. The van der Waals surface area contributed by atoms with E-state index in [-0.39, 0.29) is 22.2 Å². The van der Waals surface area contributed by atoms with Crippen molar-refractivity contribution < 1.29 is 22.8 Å². The molecule has 2 aliphatic rings. The van der Waals surface area contributed by atoms with Crippen molar-refractivity contribution in [2.24, 2.45) is 0 Å². The Hall–Kier alpha value is -3.52. The van der Waals surface area contributed by atoms with Crippen LogP contribution in [0.1, 0.15) is 46.4 Å². The highest BCUT2D eigenvalue weighted by Gasteiger charge is 2.61. The first-order valence-electron chi connectivity index (χ1n) is 10.0. The summed E-state index contributed by atoms with van der Waals surface area (Å²) < 4.78 is 42.7. The molecule has 1 N–H and O–H groups in total. The third kappa shape index (κ3) is 3.33. The maximum absolute atomic E-state index is 14.2. The number of rotatable bonds is 3. The van der Waals surface area contributed by atoms with Crippen LogP contribution in [0.3, 0.4) is 0 Å². The number of aryl methyl sites for hydroxylation is 1. The van der Waals surface area contributed by atoms with Gasteiger partial charge in [-0.2, -0.15) is 18.4 Å². The molecule has 0 atom stereocenters. The highest BCUT2D eigenvalue weighted by molar-refractivity contribution is 7.81. The van der Waals surface area contributed by atoms with Crippen molar-refractivity contribution in [2.75, 3.05) is 16.8 Å². The van der Waals surface area contributed by atoms with Gasteiger partial charge in [0, 0.05) is 7.05 Å². The second-order valence-corrected chi connectivity index (χ2v) is 8.26. The summed E-state index contributed by atoms with van der Waals surface area (Å²) in [5, 5.41) is 11.2. The molecule has 0 radical (unpaired) electrons. The van der Waals surface area contributed by atoms with Crippen LogP contribution < -0.4 is 15.1 Å². The van der Waals surface area contributed by atoms with Crippen LogP contribution in [0.15, 0.2) is 30.5 Å². The normalized spacial score (nSPS) is 17.2. The van der Waals surface area contributed by atoms with Gasteiger partial charge >= 0.3 is 6.18 Å². The number of carbonyl (C=O) groups is 2. The van der Waals surface area contributed by atoms with E-state index in [0.717, 1.165) is 6.07 Å². The number of pyridine rings is 1. The number of hydrogen-bond donors (Lipinski definition) is 1. The molecule has 33 heavy (non-hydrogen) atoms. The van der Waals surface area contributed by atoms with Gasteiger partial charge < -0.3 is 10.2 Å². The second-order valence-electron chi connectivity index (χ2n) is 7.89. The molecule has 2 amide bonds. The fraction of sp³-hybridized carbons (Fsp3) is 0.318. The van der Waals surface area contributed by atoms with Crippen LogP contribution >= 0.6 is 12.2 Å². The molecule has 7 nitrogen and oxygen atoms in total. The molecule has 1 aliphatic carbocycles. The van der Waals surface area contributed by atoms with Gasteiger partial charge in [-0.25, -0.2) is 4.98 Å². The highest BCUT2D eigenvalue weighted by Crippen LogP contribution is 2.51. The van der Waals surface area contributed by atoms with Gasteiger partial charge in [-0.3, -0.25) is 14.5 Å². The first kappa shape index (κ1) is 22.7. The number of alkyl halides is 3. The molecule has 1 aliphatic heterocycles. The molecule has 1 aromatic carbocycles. The van der Waals surface area contributed by atoms with Gasteiger partial charge in [0.25, 0.3) is 11.8 Å². The predicted molar refractivity (Wildman–Crippen MR) is 118 cm³/mol. The van der Waals surface area contributed by atoms with E-state index in [0.29, 0.717) is 24.8 Å². The summed E-state index contributed by atoms with van der Waals surface area (Å²) in [5.74, 6) is -1.35. The minimum atomic E-state index is -4.87. The smallest absolute Gasteiger partial charge is 0.355 e. The van der Waals surface area contributed by atoms with Crippen LogP contribution in [0, 0.1) is 18.3 Å². The van der Waals surface area contributed by atoms with Crippen molar-refractivity contribution in [3.8, 4) is 6.07 Å². The topological polar surface area (TPSA) is 89.3 Å². The number of carbonyl (C=O) groups excluding carboxylic acids is 2. The summed E-state index contributed by atoms with van der Waals surface area (Å²) in [4.78, 5) is 32.2. The number of nitrogens with zero attached hydrogens (tertiary/aromatic N) is 4. The van der Waals surface area contributed by atoms with Crippen molar-refractivity contribution in [2.45, 2.75) is 37.9 Å². The van der Waals surface area contributed by atoms with E-state index in [2.05, 4.69) is 10.3 Å². The van der Waals surface area contributed by atoms with E-state index in [9.17, 15) is 22.8 Å². The number of thiocarbonyl (C=S) groups is 1. The molecular formula is C22H18F3N5O2S. The van der Waals surface area contributed by atoms with E-state index in [1.807, 2.05) is 6.07 Å². The summed E-state index contributed by atoms with van der Waals surface area (Å²) in [6, 6.07) is 7.14. The first-order valence-corrected chi connectivity index (χ1v) is 10.5. The van der Waals surface area contributed by atoms with Gasteiger partial charge in [0.1, 0.15) is 17.3 Å². The zero-order chi connectivity index (χ0) is 24.1. The number of benzene rings is 1. The lowest BCUT2D eigenvalue weighted by Crippen LogP contribution is -2.55. The minimum absolute atomic E-state index is 0.134. The average molecular weight is 473 g/mol. The van der Waals surface area contributed by atoms with Crippen molar-refractivity contribution in [1.29, 1.82) is 5.26 Å². The number of aromatic nitrogens is 1. The number of amides is 2. The van der Waals surface area contributed by atoms with E-state index in [1.54, 1.807) is 13.0 Å². The Morgan fingerprint density at radius 1 is 1.33 bits per heavy atom. The molecule has 0 unspecified atom stereocenters. The second kappa shape index (κ2) is 7.81. The van der Waals surface area contributed by atoms with Gasteiger partial charge in [-0.1, -0.05) is 6.07 Å². The van der Waals surface area contributed by atoms with Crippen LogP contribution in [0.2, 0.25) is 0 Å². The number of nitriles is 1. The molecular weight excluding hydrogens is 455 g/mol.